The monoisotopic (exact) mass is 292 g/mol. The standard InChI is InChI=1S/C11H20N2O5S/c1-3-19(17,18)13-7-5-4-6-9(13)10(14)12-8(2)11(15)16/h8-9H,3-7H2,1-2H3,(H,12,14)(H,15,16)/t8-,9-/m1/s1. The van der Waals surface area contributed by atoms with Gasteiger partial charge in [0.2, 0.25) is 15.9 Å². The van der Waals surface area contributed by atoms with Gasteiger partial charge in [-0.1, -0.05) is 6.42 Å². The minimum Gasteiger partial charge on any atom is -0.480 e. The molecule has 1 fully saturated rings. The summed E-state index contributed by atoms with van der Waals surface area (Å²) in [7, 11) is -3.45. The highest BCUT2D eigenvalue weighted by atomic mass is 32.2. The molecule has 0 aromatic rings. The van der Waals surface area contributed by atoms with Crippen LogP contribution in [0.3, 0.4) is 0 Å². The van der Waals surface area contributed by atoms with Crippen molar-refractivity contribution in [1.29, 1.82) is 0 Å². The van der Waals surface area contributed by atoms with Gasteiger partial charge in [0, 0.05) is 6.54 Å². The molecule has 0 saturated carbocycles. The van der Waals surface area contributed by atoms with Crippen molar-refractivity contribution in [2.75, 3.05) is 12.3 Å². The highest BCUT2D eigenvalue weighted by Gasteiger charge is 2.36. The zero-order valence-corrected chi connectivity index (χ0v) is 11.9. The van der Waals surface area contributed by atoms with E-state index in [2.05, 4.69) is 5.32 Å². The van der Waals surface area contributed by atoms with Gasteiger partial charge in [-0.05, 0) is 26.7 Å². The van der Waals surface area contributed by atoms with Gasteiger partial charge in [0.1, 0.15) is 12.1 Å². The molecule has 7 nitrogen and oxygen atoms in total. The Bertz CT molecular complexity index is 448. The van der Waals surface area contributed by atoms with E-state index in [1.807, 2.05) is 0 Å². The SMILES string of the molecule is CCS(=O)(=O)N1CCCC[C@@H]1C(=O)N[C@H](C)C(=O)O. The summed E-state index contributed by atoms with van der Waals surface area (Å²) in [6.45, 7) is 3.19. The Kier molecular flexibility index (Phi) is 5.30. The van der Waals surface area contributed by atoms with Gasteiger partial charge in [-0.3, -0.25) is 9.59 Å². The number of carboxylic acid groups (broad SMARTS) is 1. The normalized spacial score (nSPS) is 22.7. The van der Waals surface area contributed by atoms with E-state index in [0.717, 1.165) is 12.8 Å². The van der Waals surface area contributed by atoms with E-state index in [1.165, 1.54) is 18.2 Å². The van der Waals surface area contributed by atoms with Crippen molar-refractivity contribution in [1.82, 2.24) is 9.62 Å². The van der Waals surface area contributed by atoms with Crippen LogP contribution >= 0.6 is 0 Å². The molecule has 1 aliphatic heterocycles. The van der Waals surface area contributed by atoms with Crippen LogP contribution in [-0.4, -0.2) is 54.1 Å². The Balaban J connectivity index is 2.83. The summed E-state index contributed by atoms with van der Waals surface area (Å²) >= 11 is 0. The van der Waals surface area contributed by atoms with E-state index in [0.29, 0.717) is 13.0 Å². The number of rotatable bonds is 5. The van der Waals surface area contributed by atoms with Gasteiger partial charge in [0.05, 0.1) is 5.75 Å². The summed E-state index contributed by atoms with van der Waals surface area (Å²) in [5.41, 5.74) is 0. The number of sulfonamides is 1. The third-order valence-electron chi connectivity index (χ3n) is 3.21. The average molecular weight is 292 g/mol. The minimum atomic E-state index is -3.45. The van der Waals surface area contributed by atoms with E-state index >= 15 is 0 Å². The van der Waals surface area contributed by atoms with Crippen molar-refractivity contribution in [2.24, 2.45) is 0 Å². The van der Waals surface area contributed by atoms with E-state index in [-0.39, 0.29) is 5.75 Å². The molecule has 1 heterocycles. The van der Waals surface area contributed by atoms with Crippen molar-refractivity contribution in [2.45, 2.75) is 45.2 Å². The number of piperidine rings is 1. The molecule has 0 aromatic heterocycles. The first-order chi connectivity index (χ1) is 8.79. The Morgan fingerprint density at radius 1 is 1.42 bits per heavy atom. The fraction of sp³-hybridized carbons (Fsp3) is 0.818. The van der Waals surface area contributed by atoms with Crippen LogP contribution in [0.2, 0.25) is 0 Å². The van der Waals surface area contributed by atoms with Crippen LogP contribution in [-0.2, 0) is 19.6 Å². The van der Waals surface area contributed by atoms with Crippen molar-refractivity contribution in [3.8, 4) is 0 Å². The Morgan fingerprint density at radius 2 is 2.05 bits per heavy atom. The summed E-state index contributed by atoms with van der Waals surface area (Å²) < 4.78 is 25.0. The van der Waals surface area contributed by atoms with E-state index < -0.39 is 34.0 Å². The molecular formula is C11H20N2O5S. The lowest BCUT2D eigenvalue weighted by molar-refractivity contribution is -0.142. The van der Waals surface area contributed by atoms with Crippen molar-refractivity contribution in [3.63, 3.8) is 0 Å². The number of carbonyl (C=O) groups excluding carboxylic acids is 1. The highest BCUT2D eigenvalue weighted by molar-refractivity contribution is 7.89. The third kappa shape index (κ3) is 3.90. The van der Waals surface area contributed by atoms with Gasteiger partial charge < -0.3 is 10.4 Å². The van der Waals surface area contributed by atoms with Gasteiger partial charge in [-0.25, -0.2) is 8.42 Å². The van der Waals surface area contributed by atoms with Gasteiger partial charge in [-0.2, -0.15) is 4.31 Å². The number of nitrogens with one attached hydrogen (secondary N) is 1. The van der Waals surface area contributed by atoms with Crippen molar-refractivity contribution in [3.05, 3.63) is 0 Å². The molecule has 0 aromatic carbocycles. The second kappa shape index (κ2) is 6.33. The van der Waals surface area contributed by atoms with Gasteiger partial charge >= 0.3 is 5.97 Å². The van der Waals surface area contributed by atoms with Crippen LogP contribution in [0.5, 0.6) is 0 Å². The quantitative estimate of drug-likeness (QED) is 0.729. The number of amides is 1. The predicted molar refractivity (Wildman–Crippen MR) is 69.0 cm³/mol. The van der Waals surface area contributed by atoms with Gasteiger partial charge in [0.25, 0.3) is 0 Å². The van der Waals surface area contributed by atoms with Gasteiger partial charge in [0.15, 0.2) is 0 Å². The molecule has 1 amide bonds. The summed E-state index contributed by atoms with van der Waals surface area (Å²) in [5.74, 6) is -1.74. The Morgan fingerprint density at radius 3 is 2.58 bits per heavy atom. The first-order valence-corrected chi connectivity index (χ1v) is 7.93. The maximum absolute atomic E-state index is 12.0. The predicted octanol–water partition coefficient (Wildman–Crippen LogP) is -0.220. The smallest absolute Gasteiger partial charge is 0.325 e. The fourth-order valence-electron chi connectivity index (χ4n) is 2.04. The Labute approximate surface area is 113 Å². The number of hydrogen-bond donors (Lipinski definition) is 2. The van der Waals surface area contributed by atoms with Gasteiger partial charge in [-0.15, -0.1) is 0 Å². The zero-order valence-electron chi connectivity index (χ0n) is 11.1. The summed E-state index contributed by atoms with van der Waals surface area (Å²) in [4.78, 5) is 22.7. The maximum Gasteiger partial charge on any atom is 0.325 e. The number of nitrogens with zero attached hydrogens (tertiary/aromatic N) is 1. The third-order valence-corrected chi connectivity index (χ3v) is 5.09. The topological polar surface area (TPSA) is 104 Å². The second-order valence-electron chi connectivity index (χ2n) is 4.59. The lowest BCUT2D eigenvalue weighted by Gasteiger charge is -2.33. The molecule has 0 unspecified atom stereocenters. The van der Waals surface area contributed by atoms with E-state index in [9.17, 15) is 18.0 Å². The number of aliphatic carboxylic acids is 1. The fourth-order valence-corrected chi connectivity index (χ4v) is 3.36. The molecule has 1 rings (SSSR count). The second-order valence-corrected chi connectivity index (χ2v) is 6.80. The molecule has 1 aliphatic rings. The first-order valence-electron chi connectivity index (χ1n) is 6.32. The summed E-state index contributed by atoms with van der Waals surface area (Å²) in [6, 6.07) is -1.82. The van der Waals surface area contributed by atoms with E-state index in [4.69, 9.17) is 5.11 Å². The van der Waals surface area contributed by atoms with Crippen LogP contribution in [0.15, 0.2) is 0 Å². The molecule has 110 valence electrons. The average Bonchev–Trinajstić information content (AvgIpc) is 2.38. The van der Waals surface area contributed by atoms with Crippen LogP contribution in [0, 0.1) is 0 Å². The summed E-state index contributed by atoms with van der Waals surface area (Å²) in [6.07, 6.45) is 1.91. The molecule has 0 radical (unpaired) electrons. The van der Waals surface area contributed by atoms with Crippen LogP contribution < -0.4 is 5.32 Å². The zero-order chi connectivity index (χ0) is 14.6. The Hall–Kier alpha value is -1.15. The van der Waals surface area contributed by atoms with Crippen LogP contribution in [0.25, 0.3) is 0 Å². The number of carbonyl (C=O) groups is 2. The molecule has 1 saturated heterocycles. The largest absolute Gasteiger partial charge is 0.480 e. The molecular weight excluding hydrogens is 272 g/mol. The molecule has 19 heavy (non-hydrogen) atoms. The lowest BCUT2D eigenvalue weighted by Crippen LogP contribution is -2.54. The van der Waals surface area contributed by atoms with Crippen molar-refractivity contribution >= 4 is 21.9 Å². The van der Waals surface area contributed by atoms with Crippen molar-refractivity contribution < 1.29 is 23.1 Å². The minimum absolute atomic E-state index is 0.0642. The summed E-state index contributed by atoms with van der Waals surface area (Å²) in [5, 5.41) is 11.1. The van der Waals surface area contributed by atoms with Crippen LogP contribution in [0.1, 0.15) is 33.1 Å². The number of hydrogen-bond acceptors (Lipinski definition) is 4. The van der Waals surface area contributed by atoms with E-state index in [1.54, 1.807) is 0 Å². The number of carboxylic acids is 1. The van der Waals surface area contributed by atoms with Crippen LogP contribution in [0.4, 0.5) is 0 Å². The molecule has 2 atom stereocenters. The molecule has 8 heteroatoms. The highest BCUT2D eigenvalue weighted by Crippen LogP contribution is 2.21. The molecule has 2 N–H and O–H groups in total. The lowest BCUT2D eigenvalue weighted by atomic mass is 10.0. The molecule has 0 spiro atoms. The molecule has 0 bridgehead atoms. The maximum atomic E-state index is 12.0. The first kappa shape index (κ1) is 15.9. The molecule has 0 aliphatic carbocycles.